The highest BCUT2D eigenvalue weighted by Gasteiger charge is 2.13. The molecule has 0 aliphatic carbocycles. The molecule has 0 aliphatic rings. The van der Waals surface area contributed by atoms with Crippen LogP contribution in [0.4, 0.5) is 4.39 Å². The van der Waals surface area contributed by atoms with E-state index < -0.39 is 11.5 Å². The standard InChI is InChI=1S/C18H13FN4O3/c1-26-18(25)13-7-12(9-20)17(24)22(10-13)11-15-5-6-23(21-15)16-4-2-3-14(19)8-16/h2-8,10H,11H2,1H3. The zero-order chi connectivity index (χ0) is 18.7. The number of methoxy groups -OCH3 is 1. The number of nitrogens with zero attached hydrogens (tertiary/aromatic N) is 4. The number of hydrogen-bond acceptors (Lipinski definition) is 5. The van der Waals surface area contributed by atoms with Crippen LogP contribution in [-0.2, 0) is 11.3 Å². The summed E-state index contributed by atoms with van der Waals surface area (Å²) in [6, 6.07) is 10.5. The molecule has 130 valence electrons. The van der Waals surface area contributed by atoms with Gasteiger partial charge in [-0.05, 0) is 30.3 Å². The van der Waals surface area contributed by atoms with Crippen molar-refractivity contribution < 1.29 is 13.9 Å². The van der Waals surface area contributed by atoms with Crippen molar-refractivity contribution in [3.8, 4) is 11.8 Å². The molecule has 3 aromatic rings. The van der Waals surface area contributed by atoms with Crippen molar-refractivity contribution in [3.63, 3.8) is 0 Å². The van der Waals surface area contributed by atoms with Crippen molar-refractivity contribution in [1.82, 2.24) is 14.3 Å². The van der Waals surface area contributed by atoms with Crippen molar-refractivity contribution in [2.24, 2.45) is 0 Å². The summed E-state index contributed by atoms with van der Waals surface area (Å²) >= 11 is 0. The maximum absolute atomic E-state index is 13.3. The molecule has 0 N–H and O–H groups in total. The van der Waals surface area contributed by atoms with E-state index in [9.17, 15) is 14.0 Å². The van der Waals surface area contributed by atoms with E-state index in [0.717, 1.165) is 0 Å². The number of rotatable bonds is 4. The molecule has 0 saturated carbocycles. The van der Waals surface area contributed by atoms with Crippen LogP contribution >= 0.6 is 0 Å². The minimum atomic E-state index is -0.652. The summed E-state index contributed by atoms with van der Waals surface area (Å²) in [6.07, 6.45) is 2.95. The molecule has 1 aromatic carbocycles. The van der Waals surface area contributed by atoms with Crippen LogP contribution in [0.1, 0.15) is 21.6 Å². The van der Waals surface area contributed by atoms with Gasteiger partial charge >= 0.3 is 5.97 Å². The second kappa shape index (κ2) is 7.03. The van der Waals surface area contributed by atoms with Crippen molar-refractivity contribution in [3.05, 3.63) is 81.8 Å². The topological polar surface area (TPSA) is 89.9 Å². The number of carbonyl (C=O) groups excluding carboxylic acids is 1. The van der Waals surface area contributed by atoms with E-state index in [1.807, 2.05) is 0 Å². The summed E-state index contributed by atoms with van der Waals surface area (Å²) in [6.45, 7) is 0.0423. The van der Waals surface area contributed by atoms with Crippen LogP contribution in [0.15, 0.2) is 53.6 Å². The minimum Gasteiger partial charge on any atom is -0.465 e. The maximum Gasteiger partial charge on any atom is 0.339 e. The Morgan fingerprint density at radius 1 is 1.35 bits per heavy atom. The quantitative estimate of drug-likeness (QED) is 0.669. The Bertz CT molecular complexity index is 1080. The van der Waals surface area contributed by atoms with Crippen LogP contribution in [-0.4, -0.2) is 27.4 Å². The third-order valence-corrected chi connectivity index (χ3v) is 3.68. The molecular weight excluding hydrogens is 339 g/mol. The molecule has 2 heterocycles. The molecule has 0 spiro atoms. The lowest BCUT2D eigenvalue weighted by Crippen LogP contribution is -2.24. The summed E-state index contributed by atoms with van der Waals surface area (Å²) in [5, 5.41) is 13.4. The molecule has 0 radical (unpaired) electrons. The molecular formula is C18H13FN4O3. The number of hydrogen-bond donors (Lipinski definition) is 0. The van der Waals surface area contributed by atoms with Crippen molar-refractivity contribution in [2.45, 2.75) is 6.54 Å². The first-order valence-electron chi connectivity index (χ1n) is 7.55. The summed E-state index contributed by atoms with van der Waals surface area (Å²) in [5.74, 6) is -1.04. The summed E-state index contributed by atoms with van der Waals surface area (Å²) in [5.41, 5.74) is 0.415. The monoisotopic (exact) mass is 352 g/mol. The fourth-order valence-corrected chi connectivity index (χ4v) is 2.45. The SMILES string of the molecule is COC(=O)c1cc(C#N)c(=O)n(Cc2ccn(-c3cccc(F)c3)n2)c1. The predicted octanol–water partition coefficient (Wildman–Crippen LogP) is 1.88. The van der Waals surface area contributed by atoms with Gasteiger partial charge in [-0.2, -0.15) is 10.4 Å². The van der Waals surface area contributed by atoms with E-state index in [4.69, 9.17) is 5.26 Å². The molecule has 0 fully saturated rings. The average Bonchev–Trinajstić information content (AvgIpc) is 3.11. The third-order valence-electron chi connectivity index (χ3n) is 3.68. The van der Waals surface area contributed by atoms with Crippen LogP contribution < -0.4 is 5.56 Å². The lowest BCUT2D eigenvalue weighted by atomic mass is 10.2. The van der Waals surface area contributed by atoms with Crippen LogP contribution in [0, 0.1) is 17.1 Å². The zero-order valence-electron chi connectivity index (χ0n) is 13.7. The number of ether oxygens (including phenoxy) is 1. The van der Waals surface area contributed by atoms with Gasteiger partial charge in [-0.3, -0.25) is 4.79 Å². The van der Waals surface area contributed by atoms with Crippen LogP contribution in [0.2, 0.25) is 0 Å². The Labute approximate surface area is 147 Å². The molecule has 26 heavy (non-hydrogen) atoms. The Kier molecular flexibility index (Phi) is 4.62. The highest BCUT2D eigenvalue weighted by atomic mass is 19.1. The highest BCUT2D eigenvalue weighted by Crippen LogP contribution is 2.11. The minimum absolute atomic E-state index is 0.0423. The molecule has 0 unspecified atom stereocenters. The van der Waals surface area contributed by atoms with Gasteiger partial charge in [0.25, 0.3) is 5.56 Å². The van der Waals surface area contributed by atoms with Gasteiger partial charge in [0.05, 0.1) is 30.6 Å². The third kappa shape index (κ3) is 3.37. The van der Waals surface area contributed by atoms with Crippen LogP contribution in [0.5, 0.6) is 0 Å². The van der Waals surface area contributed by atoms with Crippen molar-refractivity contribution in [1.29, 1.82) is 5.26 Å². The molecule has 0 amide bonds. The van der Waals surface area contributed by atoms with Gasteiger partial charge in [0, 0.05) is 12.4 Å². The number of nitriles is 1. The molecule has 0 aliphatic heterocycles. The lowest BCUT2D eigenvalue weighted by Gasteiger charge is -2.07. The van der Waals surface area contributed by atoms with E-state index in [2.05, 4.69) is 9.84 Å². The van der Waals surface area contributed by atoms with E-state index in [1.54, 1.807) is 30.5 Å². The lowest BCUT2D eigenvalue weighted by molar-refractivity contribution is 0.0599. The van der Waals surface area contributed by atoms with Crippen LogP contribution in [0.3, 0.4) is 0 Å². The summed E-state index contributed by atoms with van der Waals surface area (Å²) in [7, 11) is 1.21. The normalized spacial score (nSPS) is 10.3. The Balaban J connectivity index is 1.96. The van der Waals surface area contributed by atoms with E-state index in [0.29, 0.717) is 11.4 Å². The number of benzene rings is 1. The Hall–Kier alpha value is -3.73. The van der Waals surface area contributed by atoms with Crippen molar-refractivity contribution >= 4 is 5.97 Å². The van der Waals surface area contributed by atoms with Gasteiger partial charge in [0.15, 0.2) is 0 Å². The van der Waals surface area contributed by atoms with Crippen molar-refractivity contribution in [2.75, 3.05) is 7.11 Å². The first kappa shape index (κ1) is 17.1. The second-order valence-electron chi connectivity index (χ2n) is 5.41. The van der Waals surface area contributed by atoms with Gasteiger partial charge in [-0.25, -0.2) is 13.9 Å². The smallest absolute Gasteiger partial charge is 0.339 e. The number of halogens is 1. The molecule has 7 nitrogen and oxygen atoms in total. The number of pyridine rings is 1. The fourth-order valence-electron chi connectivity index (χ4n) is 2.45. The molecule has 2 aromatic heterocycles. The fraction of sp³-hybridized carbons (Fsp3) is 0.111. The number of carbonyl (C=O) groups is 1. The molecule has 0 bridgehead atoms. The van der Waals surface area contributed by atoms with Gasteiger partial charge < -0.3 is 9.30 Å². The maximum atomic E-state index is 13.3. The van der Waals surface area contributed by atoms with Gasteiger partial charge in [0.1, 0.15) is 17.4 Å². The largest absolute Gasteiger partial charge is 0.465 e. The predicted molar refractivity (Wildman–Crippen MR) is 89.4 cm³/mol. The number of esters is 1. The van der Waals surface area contributed by atoms with Gasteiger partial charge in [0.2, 0.25) is 0 Å². The van der Waals surface area contributed by atoms with Crippen LogP contribution in [0.25, 0.3) is 5.69 Å². The first-order chi connectivity index (χ1) is 12.5. The van der Waals surface area contributed by atoms with Gasteiger partial charge in [-0.15, -0.1) is 0 Å². The zero-order valence-corrected chi connectivity index (χ0v) is 13.7. The molecule has 8 heteroatoms. The molecule has 0 saturated heterocycles. The Morgan fingerprint density at radius 3 is 2.85 bits per heavy atom. The highest BCUT2D eigenvalue weighted by molar-refractivity contribution is 5.89. The van der Waals surface area contributed by atoms with E-state index in [1.165, 1.54) is 40.8 Å². The Morgan fingerprint density at radius 2 is 2.15 bits per heavy atom. The molecule has 3 rings (SSSR count). The van der Waals surface area contributed by atoms with E-state index in [-0.39, 0.29) is 23.5 Å². The summed E-state index contributed by atoms with van der Waals surface area (Å²) in [4.78, 5) is 24.0. The first-order valence-corrected chi connectivity index (χ1v) is 7.55. The van der Waals surface area contributed by atoms with Gasteiger partial charge in [-0.1, -0.05) is 6.07 Å². The average molecular weight is 352 g/mol. The number of aromatic nitrogens is 3. The van der Waals surface area contributed by atoms with E-state index >= 15 is 0 Å². The second-order valence-corrected chi connectivity index (χ2v) is 5.41. The molecule has 0 atom stereocenters. The summed E-state index contributed by atoms with van der Waals surface area (Å²) < 4.78 is 20.7.